The molecule has 2 aliphatic rings. The van der Waals surface area contributed by atoms with Gasteiger partial charge < -0.3 is 10.6 Å². The third-order valence-corrected chi connectivity index (χ3v) is 5.94. The molecule has 1 saturated heterocycles. The number of carbonyl (C=O) groups excluding carboxylic acids is 1. The van der Waals surface area contributed by atoms with Crippen LogP contribution in [0.5, 0.6) is 0 Å². The Bertz CT molecular complexity index is 545. The van der Waals surface area contributed by atoms with E-state index < -0.39 is 0 Å². The van der Waals surface area contributed by atoms with Crippen molar-refractivity contribution in [2.24, 2.45) is 11.8 Å². The van der Waals surface area contributed by atoms with Gasteiger partial charge >= 0.3 is 0 Å². The maximum Gasteiger partial charge on any atom is 0.177 e. The van der Waals surface area contributed by atoms with Gasteiger partial charge in [0.05, 0.1) is 15.6 Å². The molecule has 116 valence electrons. The summed E-state index contributed by atoms with van der Waals surface area (Å²) >= 11 is 1.65. The van der Waals surface area contributed by atoms with Gasteiger partial charge in [0.1, 0.15) is 0 Å². The number of nitrogen functional groups attached to an aromatic ring is 1. The van der Waals surface area contributed by atoms with Crippen LogP contribution in [-0.2, 0) is 0 Å². The summed E-state index contributed by atoms with van der Waals surface area (Å²) in [7, 11) is 0. The fourth-order valence-electron chi connectivity index (χ4n) is 3.26. The van der Waals surface area contributed by atoms with Gasteiger partial charge in [0.15, 0.2) is 5.78 Å². The van der Waals surface area contributed by atoms with E-state index in [-0.39, 0.29) is 11.7 Å². The van der Waals surface area contributed by atoms with E-state index in [1.165, 1.54) is 36.2 Å². The Hall–Kier alpha value is -1.03. The van der Waals surface area contributed by atoms with Crippen molar-refractivity contribution < 1.29 is 4.79 Å². The Morgan fingerprint density at radius 1 is 1.33 bits per heavy atom. The molecule has 1 unspecified atom stereocenters. The molecule has 3 rings (SSSR count). The van der Waals surface area contributed by atoms with E-state index in [1.807, 2.05) is 13.8 Å². The summed E-state index contributed by atoms with van der Waals surface area (Å²) in [5, 5.41) is 1.30. The van der Waals surface area contributed by atoms with Crippen molar-refractivity contribution >= 4 is 27.8 Å². The van der Waals surface area contributed by atoms with Crippen LogP contribution in [0.4, 0.5) is 10.7 Å². The summed E-state index contributed by atoms with van der Waals surface area (Å²) in [6.07, 6.45) is 5.02. The van der Waals surface area contributed by atoms with E-state index >= 15 is 0 Å². The van der Waals surface area contributed by atoms with E-state index in [9.17, 15) is 4.79 Å². The van der Waals surface area contributed by atoms with Gasteiger partial charge in [-0.1, -0.05) is 20.8 Å². The zero-order valence-corrected chi connectivity index (χ0v) is 14.1. The molecule has 0 amide bonds. The summed E-state index contributed by atoms with van der Waals surface area (Å²) in [4.78, 5) is 15.7. The summed E-state index contributed by atoms with van der Waals surface area (Å²) < 4.78 is 0. The molecule has 0 aromatic carbocycles. The first-order valence-corrected chi connectivity index (χ1v) is 9.02. The molecule has 0 spiro atoms. The minimum absolute atomic E-state index is 0.0196. The first kappa shape index (κ1) is 14.9. The van der Waals surface area contributed by atoms with Crippen LogP contribution < -0.4 is 10.6 Å². The molecule has 1 saturated carbocycles. The quantitative estimate of drug-likeness (QED) is 0.844. The number of nitrogens with two attached hydrogens (primary N) is 1. The lowest BCUT2D eigenvalue weighted by Gasteiger charge is -2.32. The minimum atomic E-state index is 0.0196. The van der Waals surface area contributed by atoms with Crippen molar-refractivity contribution in [3.8, 4) is 0 Å². The zero-order valence-electron chi connectivity index (χ0n) is 13.3. The highest BCUT2D eigenvalue weighted by Crippen LogP contribution is 2.52. The van der Waals surface area contributed by atoms with Gasteiger partial charge in [-0.05, 0) is 37.5 Å². The first-order valence-electron chi connectivity index (χ1n) is 8.20. The molecule has 2 heterocycles. The Kier molecular flexibility index (Phi) is 4.00. The Morgan fingerprint density at radius 2 is 2.05 bits per heavy atom. The minimum Gasteiger partial charge on any atom is -0.397 e. The highest BCUT2D eigenvalue weighted by atomic mass is 32.1. The Balaban J connectivity index is 1.98. The molecule has 0 radical (unpaired) electrons. The molecule has 1 aliphatic carbocycles. The molecule has 4 heteroatoms. The number of hydrogen-bond donors (Lipinski definition) is 1. The Labute approximate surface area is 131 Å². The molecule has 2 fully saturated rings. The van der Waals surface area contributed by atoms with Crippen LogP contribution in [0.1, 0.15) is 67.6 Å². The highest BCUT2D eigenvalue weighted by Gasteiger charge is 2.35. The number of hydrogen-bond acceptors (Lipinski definition) is 4. The third kappa shape index (κ3) is 2.83. The number of nitrogens with zero attached hydrogens (tertiary/aromatic N) is 1. The summed E-state index contributed by atoms with van der Waals surface area (Å²) in [6.45, 7) is 8.45. The summed E-state index contributed by atoms with van der Waals surface area (Å²) in [5.74, 6) is 1.56. The van der Waals surface area contributed by atoms with Gasteiger partial charge in [-0.3, -0.25) is 4.79 Å². The lowest BCUT2D eigenvalue weighted by atomic mass is 9.99. The second kappa shape index (κ2) is 5.64. The number of rotatable bonds is 4. The molecule has 0 bridgehead atoms. The van der Waals surface area contributed by atoms with Crippen molar-refractivity contribution in [2.75, 3.05) is 23.7 Å². The second-order valence-corrected chi connectivity index (χ2v) is 8.05. The van der Waals surface area contributed by atoms with Gasteiger partial charge in [0.2, 0.25) is 0 Å². The molecule has 2 N–H and O–H groups in total. The second-order valence-electron chi connectivity index (χ2n) is 7.05. The van der Waals surface area contributed by atoms with Crippen molar-refractivity contribution in [3.63, 3.8) is 0 Å². The zero-order chi connectivity index (χ0) is 15.1. The molecule has 1 aromatic heterocycles. The van der Waals surface area contributed by atoms with Gasteiger partial charge in [-0.15, -0.1) is 11.3 Å². The molecular formula is C17H26N2OS. The summed E-state index contributed by atoms with van der Waals surface area (Å²) in [6, 6.07) is 0. The molecular weight excluding hydrogens is 280 g/mol. The normalized spacial score (nSPS) is 22.9. The van der Waals surface area contributed by atoms with Crippen molar-refractivity contribution in [3.05, 3.63) is 10.4 Å². The monoisotopic (exact) mass is 306 g/mol. The average molecular weight is 306 g/mol. The number of anilines is 2. The van der Waals surface area contributed by atoms with Gasteiger partial charge in [-0.2, -0.15) is 0 Å². The number of piperidine rings is 1. The van der Waals surface area contributed by atoms with Crippen molar-refractivity contribution in [1.29, 1.82) is 0 Å². The summed E-state index contributed by atoms with van der Waals surface area (Å²) in [5.41, 5.74) is 8.46. The number of Topliss-reactive ketones (excluding diaryl/α,β-unsaturated/α-hetero) is 1. The van der Waals surface area contributed by atoms with Crippen LogP contribution in [0, 0.1) is 11.8 Å². The largest absolute Gasteiger partial charge is 0.397 e. The number of carbonyl (C=O) groups is 1. The van der Waals surface area contributed by atoms with Crippen LogP contribution in [0.15, 0.2) is 0 Å². The standard InChI is InChI=1S/C17H26N2OS/c1-10(2)15(20)16-14(18)13(12-6-7-12)17(21-16)19-8-4-5-11(3)9-19/h10-12H,4-9,18H2,1-3H3. The smallest absolute Gasteiger partial charge is 0.177 e. The van der Waals surface area contributed by atoms with Crippen LogP contribution >= 0.6 is 11.3 Å². The van der Waals surface area contributed by atoms with E-state index in [0.717, 1.165) is 29.6 Å². The Morgan fingerprint density at radius 3 is 2.62 bits per heavy atom. The van der Waals surface area contributed by atoms with E-state index in [2.05, 4.69) is 11.8 Å². The molecule has 1 aliphatic heterocycles. The van der Waals surface area contributed by atoms with E-state index in [1.54, 1.807) is 11.3 Å². The van der Waals surface area contributed by atoms with Crippen LogP contribution in [0.3, 0.4) is 0 Å². The topological polar surface area (TPSA) is 46.3 Å². The van der Waals surface area contributed by atoms with Gasteiger partial charge in [-0.25, -0.2) is 0 Å². The van der Waals surface area contributed by atoms with Crippen LogP contribution in [0.2, 0.25) is 0 Å². The lowest BCUT2D eigenvalue weighted by Crippen LogP contribution is -2.34. The predicted octanol–water partition coefficient (Wildman–Crippen LogP) is 4.28. The lowest BCUT2D eigenvalue weighted by molar-refractivity contribution is 0.0944. The van der Waals surface area contributed by atoms with Crippen molar-refractivity contribution in [2.45, 2.75) is 52.4 Å². The number of ketones is 1. The third-order valence-electron chi connectivity index (χ3n) is 4.64. The van der Waals surface area contributed by atoms with Crippen LogP contribution in [0.25, 0.3) is 0 Å². The highest BCUT2D eigenvalue weighted by molar-refractivity contribution is 7.19. The number of thiophene rings is 1. The van der Waals surface area contributed by atoms with Gasteiger partial charge in [0, 0.05) is 24.6 Å². The van der Waals surface area contributed by atoms with Crippen LogP contribution in [-0.4, -0.2) is 18.9 Å². The SMILES string of the molecule is CC1CCCN(c2sc(C(=O)C(C)C)c(N)c2C2CC2)C1. The molecule has 1 atom stereocenters. The maximum absolute atomic E-state index is 12.4. The van der Waals surface area contributed by atoms with Crippen molar-refractivity contribution in [1.82, 2.24) is 0 Å². The molecule has 3 nitrogen and oxygen atoms in total. The predicted molar refractivity (Wildman–Crippen MR) is 90.5 cm³/mol. The fourth-order valence-corrected chi connectivity index (χ4v) is 4.70. The first-order chi connectivity index (χ1) is 9.99. The van der Waals surface area contributed by atoms with Gasteiger partial charge in [0.25, 0.3) is 0 Å². The average Bonchev–Trinajstić information content (AvgIpc) is 3.21. The fraction of sp³-hybridized carbons (Fsp3) is 0.706. The maximum atomic E-state index is 12.4. The van der Waals surface area contributed by atoms with E-state index in [4.69, 9.17) is 5.73 Å². The molecule has 21 heavy (non-hydrogen) atoms. The van der Waals surface area contributed by atoms with E-state index in [0.29, 0.717) is 5.92 Å². The molecule has 1 aromatic rings.